The van der Waals surface area contributed by atoms with Gasteiger partial charge in [-0.15, -0.1) is 0 Å². The second-order valence-electron chi connectivity index (χ2n) is 6.57. The zero-order valence-electron chi connectivity index (χ0n) is 13.5. The molecule has 0 saturated carbocycles. The monoisotopic (exact) mass is 274 g/mol. The van der Waals surface area contributed by atoms with Gasteiger partial charge in [-0.25, -0.2) is 0 Å². The van der Waals surface area contributed by atoms with E-state index in [1.807, 2.05) is 0 Å². The SMILES string of the molecule is CCC1(CC)CNC(c2ccccc2)CN1CC(C)C. The van der Waals surface area contributed by atoms with Gasteiger partial charge in [-0.2, -0.15) is 0 Å². The van der Waals surface area contributed by atoms with Crippen molar-refractivity contribution in [3.05, 3.63) is 35.9 Å². The molecule has 0 amide bonds. The van der Waals surface area contributed by atoms with Gasteiger partial charge in [0.25, 0.3) is 0 Å². The van der Waals surface area contributed by atoms with Gasteiger partial charge in [0.2, 0.25) is 0 Å². The molecule has 2 heteroatoms. The lowest BCUT2D eigenvalue weighted by atomic mass is 9.85. The standard InChI is InChI=1S/C18H30N2/c1-5-18(6-2)14-19-17(13-20(18)12-15(3)4)16-10-8-7-9-11-16/h7-11,15,17,19H,5-6,12-14H2,1-4H3. The molecular formula is C18H30N2. The van der Waals surface area contributed by atoms with Crippen LogP contribution in [0.15, 0.2) is 30.3 Å². The summed E-state index contributed by atoms with van der Waals surface area (Å²) in [6.45, 7) is 12.8. The summed E-state index contributed by atoms with van der Waals surface area (Å²) in [5.41, 5.74) is 1.76. The van der Waals surface area contributed by atoms with E-state index >= 15 is 0 Å². The normalized spacial score (nSPS) is 23.1. The van der Waals surface area contributed by atoms with E-state index in [9.17, 15) is 0 Å². The van der Waals surface area contributed by atoms with E-state index in [4.69, 9.17) is 0 Å². The van der Waals surface area contributed by atoms with Crippen LogP contribution in [0.2, 0.25) is 0 Å². The number of nitrogens with zero attached hydrogens (tertiary/aromatic N) is 1. The molecule has 1 saturated heterocycles. The number of rotatable bonds is 5. The molecule has 0 aromatic heterocycles. The van der Waals surface area contributed by atoms with E-state index in [1.54, 1.807) is 0 Å². The molecule has 1 aromatic rings. The van der Waals surface area contributed by atoms with Crippen molar-refractivity contribution in [2.24, 2.45) is 5.92 Å². The fraction of sp³-hybridized carbons (Fsp3) is 0.667. The van der Waals surface area contributed by atoms with E-state index in [1.165, 1.54) is 24.9 Å². The lowest BCUT2D eigenvalue weighted by Crippen LogP contribution is -2.62. The maximum atomic E-state index is 3.79. The van der Waals surface area contributed by atoms with Gasteiger partial charge >= 0.3 is 0 Å². The summed E-state index contributed by atoms with van der Waals surface area (Å²) in [5, 5.41) is 3.79. The molecule has 1 unspecified atom stereocenters. The summed E-state index contributed by atoms with van der Waals surface area (Å²) in [5.74, 6) is 0.724. The van der Waals surface area contributed by atoms with Gasteiger partial charge in [-0.3, -0.25) is 4.90 Å². The summed E-state index contributed by atoms with van der Waals surface area (Å²) in [7, 11) is 0. The number of nitrogens with one attached hydrogen (secondary N) is 1. The second-order valence-corrected chi connectivity index (χ2v) is 6.57. The first kappa shape index (κ1) is 15.5. The van der Waals surface area contributed by atoms with Crippen LogP contribution in [-0.4, -0.2) is 30.1 Å². The Hall–Kier alpha value is -0.860. The van der Waals surface area contributed by atoms with Gasteiger partial charge in [-0.1, -0.05) is 58.0 Å². The lowest BCUT2D eigenvalue weighted by Gasteiger charge is -2.50. The fourth-order valence-corrected chi connectivity index (χ4v) is 3.47. The Morgan fingerprint density at radius 3 is 2.40 bits per heavy atom. The predicted molar refractivity (Wildman–Crippen MR) is 86.9 cm³/mol. The van der Waals surface area contributed by atoms with Gasteiger partial charge in [0, 0.05) is 31.2 Å². The van der Waals surface area contributed by atoms with Crippen molar-refractivity contribution in [3.8, 4) is 0 Å². The highest BCUT2D eigenvalue weighted by Crippen LogP contribution is 2.31. The van der Waals surface area contributed by atoms with Crippen LogP contribution in [0, 0.1) is 5.92 Å². The molecule has 0 radical (unpaired) electrons. The molecule has 0 bridgehead atoms. The first-order valence-electron chi connectivity index (χ1n) is 8.14. The fourth-order valence-electron chi connectivity index (χ4n) is 3.47. The minimum absolute atomic E-state index is 0.343. The maximum Gasteiger partial charge on any atom is 0.0450 e. The quantitative estimate of drug-likeness (QED) is 0.877. The molecule has 1 atom stereocenters. The van der Waals surface area contributed by atoms with Crippen LogP contribution in [0.25, 0.3) is 0 Å². The minimum atomic E-state index is 0.343. The Morgan fingerprint density at radius 1 is 1.20 bits per heavy atom. The summed E-state index contributed by atoms with van der Waals surface area (Å²) in [4.78, 5) is 2.74. The number of hydrogen-bond acceptors (Lipinski definition) is 2. The Bertz CT molecular complexity index is 395. The minimum Gasteiger partial charge on any atom is -0.307 e. The summed E-state index contributed by atoms with van der Waals surface area (Å²) in [6, 6.07) is 11.4. The van der Waals surface area contributed by atoms with Crippen LogP contribution in [0.3, 0.4) is 0 Å². The zero-order valence-corrected chi connectivity index (χ0v) is 13.5. The first-order chi connectivity index (χ1) is 9.61. The van der Waals surface area contributed by atoms with Gasteiger partial charge in [-0.05, 0) is 24.3 Å². The molecular weight excluding hydrogens is 244 g/mol. The largest absolute Gasteiger partial charge is 0.307 e. The van der Waals surface area contributed by atoms with Crippen LogP contribution in [0.4, 0.5) is 0 Å². The molecule has 1 fully saturated rings. The average Bonchev–Trinajstić information content (AvgIpc) is 2.48. The average molecular weight is 274 g/mol. The van der Waals surface area contributed by atoms with Crippen molar-refractivity contribution < 1.29 is 0 Å². The predicted octanol–water partition coefficient (Wildman–Crippen LogP) is 3.85. The number of piperazine rings is 1. The maximum absolute atomic E-state index is 3.79. The van der Waals surface area contributed by atoms with Gasteiger partial charge in [0.1, 0.15) is 0 Å². The molecule has 1 aromatic carbocycles. The smallest absolute Gasteiger partial charge is 0.0450 e. The van der Waals surface area contributed by atoms with Gasteiger partial charge in [0.15, 0.2) is 0 Å². The van der Waals surface area contributed by atoms with Crippen LogP contribution < -0.4 is 5.32 Å². The van der Waals surface area contributed by atoms with Crippen molar-refractivity contribution in [1.29, 1.82) is 0 Å². The highest BCUT2D eigenvalue weighted by molar-refractivity contribution is 5.20. The highest BCUT2D eigenvalue weighted by atomic mass is 15.3. The van der Waals surface area contributed by atoms with E-state index in [0.717, 1.165) is 19.0 Å². The first-order valence-corrected chi connectivity index (χ1v) is 8.14. The third-order valence-corrected chi connectivity index (χ3v) is 4.86. The van der Waals surface area contributed by atoms with Crippen LogP contribution in [0.5, 0.6) is 0 Å². The molecule has 0 spiro atoms. The molecule has 112 valence electrons. The third-order valence-electron chi connectivity index (χ3n) is 4.86. The molecule has 0 aliphatic carbocycles. The number of hydrogen-bond donors (Lipinski definition) is 1. The van der Waals surface area contributed by atoms with Gasteiger partial charge < -0.3 is 5.32 Å². The van der Waals surface area contributed by atoms with Crippen molar-refractivity contribution >= 4 is 0 Å². The van der Waals surface area contributed by atoms with Crippen molar-refractivity contribution in [2.75, 3.05) is 19.6 Å². The molecule has 1 aliphatic rings. The van der Waals surface area contributed by atoms with Crippen LogP contribution in [0.1, 0.15) is 52.1 Å². The van der Waals surface area contributed by atoms with E-state index in [-0.39, 0.29) is 0 Å². The Balaban J connectivity index is 2.17. The van der Waals surface area contributed by atoms with Crippen LogP contribution >= 0.6 is 0 Å². The highest BCUT2D eigenvalue weighted by Gasteiger charge is 2.39. The van der Waals surface area contributed by atoms with E-state index in [2.05, 4.69) is 68.2 Å². The van der Waals surface area contributed by atoms with Crippen molar-refractivity contribution in [1.82, 2.24) is 10.2 Å². The second kappa shape index (κ2) is 6.73. The van der Waals surface area contributed by atoms with Crippen LogP contribution in [-0.2, 0) is 0 Å². The van der Waals surface area contributed by atoms with E-state index in [0.29, 0.717) is 11.6 Å². The van der Waals surface area contributed by atoms with Crippen molar-refractivity contribution in [2.45, 2.75) is 52.1 Å². The third kappa shape index (κ3) is 3.24. The summed E-state index contributed by atoms with van der Waals surface area (Å²) in [6.07, 6.45) is 2.45. The zero-order chi connectivity index (χ0) is 14.6. The molecule has 20 heavy (non-hydrogen) atoms. The molecule has 1 aliphatic heterocycles. The summed E-state index contributed by atoms with van der Waals surface area (Å²) >= 11 is 0. The molecule has 2 nitrogen and oxygen atoms in total. The lowest BCUT2D eigenvalue weighted by molar-refractivity contribution is 0.0219. The molecule has 1 heterocycles. The number of benzene rings is 1. The summed E-state index contributed by atoms with van der Waals surface area (Å²) < 4.78 is 0. The molecule has 2 rings (SSSR count). The van der Waals surface area contributed by atoms with Gasteiger partial charge in [0.05, 0.1) is 0 Å². The van der Waals surface area contributed by atoms with Crippen molar-refractivity contribution in [3.63, 3.8) is 0 Å². The van der Waals surface area contributed by atoms with E-state index < -0.39 is 0 Å². The molecule has 1 N–H and O–H groups in total. The Morgan fingerprint density at radius 2 is 1.85 bits per heavy atom. The topological polar surface area (TPSA) is 15.3 Å². The Labute approximate surface area is 124 Å². The Kier molecular flexibility index (Phi) is 5.22.